The molecule has 1 amide bonds. The maximum Gasteiger partial charge on any atom is 0.410 e. The van der Waals surface area contributed by atoms with Gasteiger partial charge in [-0.25, -0.2) is 9.78 Å². The van der Waals surface area contributed by atoms with Gasteiger partial charge in [-0.1, -0.05) is 0 Å². The molecule has 1 N–H and O–H groups in total. The highest BCUT2D eigenvalue weighted by molar-refractivity contribution is 5.69. The maximum atomic E-state index is 11.8. The van der Waals surface area contributed by atoms with Crippen molar-refractivity contribution in [1.29, 1.82) is 0 Å². The zero-order valence-corrected chi connectivity index (χ0v) is 13.4. The lowest BCUT2D eigenvalue weighted by Gasteiger charge is -2.40. The molecule has 2 rings (SSSR count). The van der Waals surface area contributed by atoms with Crippen molar-refractivity contribution in [2.75, 3.05) is 37.4 Å². The first-order valence-corrected chi connectivity index (χ1v) is 7.12. The Labute approximate surface area is 126 Å². The second-order valence-corrected chi connectivity index (χ2v) is 6.53. The second kappa shape index (κ2) is 5.79. The van der Waals surface area contributed by atoms with E-state index in [1.165, 1.54) is 0 Å². The molecule has 116 valence electrons. The van der Waals surface area contributed by atoms with Crippen LogP contribution in [0.15, 0.2) is 18.3 Å². The van der Waals surface area contributed by atoms with Crippen LogP contribution in [0.3, 0.4) is 0 Å². The van der Waals surface area contributed by atoms with E-state index in [4.69, 9.17) is 4.74 Å². The summed E-state index contributed by atoms with van der Waals surface area (Å²) >= 11 is 0. The van der Waals surface area contributed by atoms with Gasteiger partial charge in [0.1, 0.15) is 11.4 Å². The summed E-state index contributed by atoms with van der Waals surface area (Å²) in [5.41, 5.74) is 0.524. The highest BCUT2D eigenvalue weighted by atomic mass is 16.6. The first-order chi connectivity index (χ1) is 9.74. The molecule has 0 radical (unpaired) electrons. The molecule has 1 aliphatic heterocycles. The lowest BCUT2D eigenvalue weighted by molar-refractivity contribution is 0.0105. The first kappa shape index (κ1) is 15.4. The van der Waals surface area contributed by atoms with Crippen molar-refractivity contribution in [2.24, 2.45) is 0 Å². The fraction of sp³-hybridized carbons (Fsp3) is 0.600. The highest BCUT2D eigenvalue weighted by Gasteiger charge is 2.33. The molecule has 0 aromatic carbocycles. The zero-order valence-electron chi connectivity index (χ0n) is 13.4. The van der Waals surface area contributed by atoms with E-state index >= 15 is 0 Å². The SMILES string of the molecule is CN(C)c1ccc(NC2CN(C(=O)OC(C)(C)C)C2)cn1. The van der Waals surface area contributed by atoms with Crippen molar-refractivity contribution in [3.05, 3.63) is 18.3 Å². The number of ether oxygens (including phenoxy) is 1. The molecule has 21 heavy (non-hydrogen) atoms. The molecule has 0 spiro atoms. The molecule has 1 aliphatic rings. The molecule has 0 aliphatic carbocycles. The third-order valence-electron chi connectivity index (χ3n) is 3.11. The van der Waals surface area contributed by atoms with E-state index in [1.807, 2.05) is 58.1 Å². The lowest BCUT2D eigenvalue weighted by atomic mass is 10.1. The Morgan fingerprint density at radius 2 is 2.05 bits per heavy atom. The molecule has 6 heteroatoms. The van der Waals surface area contributed by atoms with Crippen LogP contribution in [0, 0.1) is 0 Å². The summed E-state index contributed by atoms with van der Waals surface area (Å²) in [5, 5.41) is 3.36. The maximum absolute atomic E-state index is 11.8. The predicted molar refractivity (Wildman–Crippen MR) is 83.8 cm³/mol. The molecule has 0 bridgehead atoms. The number of hydrogen-bond acceptors (Lipinski definition) is 5. The van der Waals surface area contributed by atoms with Crippen LogP contribution in [-0.4, -0.2) is 54.8 Å². The van der Waals surface area contributed by atoms with E-state index in [1.54, 1.807) is 4.90 Å². The molecule has 0 saturated carbocycles. The number of nitrogens with one attached hydrogen (secondary N) is 1. The Balaban J connectivity index is 1.79. The summed E-state index contributed by atoms with van der Waals surface area (Å²) < 4.78 is 5.32. The van der Waals surface area contributed by atoms with Crippen LogP contribution in [0.2, 0.25) is 0 Å². The van der Waals surface area contributed by atoms with Crippen LogP contribution in [0.1, 0.15) is 20.8 Å². The third-order valence-corrected chi connectivity index (χ3v) is 3.11. The normalized spacial score (nSPS) is 15.4. The highest BCUT2D eigenvalue weighted by Crippen LogP contribution is 2.19. The number of amides is 1. The number of pyridine rings is 1. The number of likely N-dealkylation sites (tertiary alicyclic amines) is 1. The molecule has 0 atom stereocenters. The third kappa shape index (κ3) is 4.24. The van der Waals surface area contributed by atoms with Gasteiger partial charge in [0.25, 0.3) is 0 Å². The number of aromatic nitrogens is 1. The van der Waals surface area contributed by atoms with Gasteiger partial charge >= 0.3 is 6.09 Å². The molecular weight excluding hydrogens is 268 g/mol. The summed E-state index contributed by atoms with van der Waals surface area (Å²) in [6.07, 6.45) is 1.56. The van der Waals surface area contributed by atoms with Gasteiger partial charge in [-0.3, -0.25) is 0 Å². The molecule has 1 saturated heterocycles. The van der Waals surface area contributed by atoms with Crippen LogP contribution < -0.4 is 10.2 Å². The Bertz CT molecular complexity index is 487. The summed E-state index contributed by atoms with van der Waals surface area (Å²) in [7, 11) is 3.92. The Morgan fingerprint density at radius 3 is 2.52 bits per heavy atom. The molecule has 1 fully saturated rings. The number of carbonyl (C=O) groups is 1. The number of rotatable bonds is 3. The summed E-state index contributed by atoms with van der Waals surface area (Å²) in [5.74, 6) is 0.921. The number of anilines is 2. The van der Waals surface area contributed by atoms with Crippen molar-refractivity contribution in [3.8, 4) is 0 Å². The van der Waals surface area contributed by atoms with E-state index in [0.29, 0.717) is 13.1 Å². The Kier molecular flexibility index (Phi) is 4.25. The van der Waals surface area contributed by atoms with Gasteiger partial charge in [-0.05, 0) is 32.9 Å². The molecule has 1 aromatic rings. The van der Waals surface area contributed by atoms with Crippen molar-refractivity contribution >= 4 is 17.6 Å². The van der Waals surface area contributed by atoms with E-state index in [-0.39, 0.29) is 12.1 Å². The van der Waals surface area contributed by atoms with E-state index in [9.17, 15) is 4.79 Å². The largest absolute Gasteiger partial charge is 0.444 e. The fourth-order valence-electron chi connectivity index (χ4n) is 2.02. The van der Waals surface area contributed by atoms with Gasteiger partial charge in [-0.2, -0.15) is 0 Å². The second-order valence-electron chi connectivity index (χ2n) is 6.53. The smallest absolute Gasteiger partial charge is 0.410 e. The van der Waals surface area contributed by atoms with Gasteiger partial charge in [0.15, 0.2) is 0 Å². The van der Waals surface area contributed by atoms with Gasteiger partial charge in [0, 0.05) is 27.2 Å². The standard InChI is InChI=1S/C15H24N4O2/c1-15(2,3)21-14(20)19-9-12(10-19)17-11-6-7-13(16-8-11)18(4)5/h6-8,12,17H,9-10H2,1-5H3. The minimum Gasteiger partial charge on any atom is -0.444 e. The van der Waals surface area contributed by atoms with Gasteiger partial charge in [-0.15, -0.1) is 0 Å². The van der Waals surface area contributed by atoms with Gasteiger partial charge in [0.05, 0.1) is 17.9 Å². The minimum absolute atomic E-state index is 0.248. The Morgan fingerprint density at radius 1 is 1.38 bits per heavy atom. The summed E-state index contributed by atoms with van der Waals surface area (Å²) in [6.45, 7) is 6.93. The average Bonchev–Trinajstić information content (AvgIpc) is 2.31. The van der Waals surface area contributed by atoms with Gasteiger partial charge in [0.2, 0.25) is 0 Å². The molecule has 1 aromatic heterocycles. The monoisotopic (exact) mass is 292 g/mol. The predicted octanol–water partition coefficient (Wildman–Crippen LogP) is 2.18. The van der Waals surface area contributed by atoms with E-state index < -0.39 is 5.60 Å². The summed E-state index contributed by atoms with van der Waals surface area (Å²) in [4.78, 5) is 19.8. The molecule has 2 heterocycles. The first-order valence-electron chi connectivity index (χ1n) is 7.12. The molecule has 6 nitrogen and oxygen atoms in total. The van der Waals surface area contributed by atoms with E-state index in [0.717, 1.165) is 11.5 Å². The molecule has 0 unspecified atom stereocenters. The van der Waals surface area contributed by atoms with Crippen LogP contribution in [0.25, 0.3) is 0 Å². The molecular formula is C15H24N4O2. The van der Waals surface area contributed by atoms with Crippen LogP contribution >= 0.6 is 0 Å². The minimum atomic E-state index is -0.443. The quantitative estimate of drug-likeness (QED) is 0.925. The number of carbonyl (C=O) groups excluding carboxylic acids is 1. The van der Waals surface area contributed by atoms with Crippen LogP contribution in [0.5, 0.6) is 0 Å². The number of nitrogens with zero attached hydrogens (tertiary/aromatic N) is 3. The number of hydrogen-bond donors (Lipinski definition) is 1. The van der Waals surface area contributed by atoms with E-state index in [2.05, 4.69) is 10.3 Å². The lowest BCUT2D eigenvalue weighted by Crippen LogP contribution is -2.57. The van der Waals surface area contributed by atoms with Crippen molar-refractivity contribution in [1.82, 2.24) is 9.88 Å². The van der Waals surface area contributed by atoms with Gasteiger partial charge < -0.3 is 19.9 Å². The van der Waals surface area contributed by atoms with Crippen molar-refractivity contribution < 1.29 is 9.53 Å². The summed E-state index contributed by atoms with van der Waals surface area (Å²) in [6, 6.07) is 4.22. The van der Waals surface area contributed by atoms with Crippen molar-refractivity contribution in [3.63, 3.8) is 0 Å². The Hall–Kier alpha value is -1.98. The van der Waals surface area contributed by atoms with Crippen LogP contribution in [0.4, 0.5) is 16.3 Å². The fourth-order valence-corrected chi connectivity index (χ4v) is 2.02. The average molecular weight is 292 g/mol. The zero-order chi connectivity index (χ0) is 15.6. The van der Waals surface area contributed by atoms with Crippen molar-refractivity contribution in [2.45, 2.75) is 32.4 Å². The van der Waals surface area contributed by atoms with Crippen LogP contribution in [-0.2, 0) is 4.74 Å². The topological polar surface area (TPSA) is 57.7 Å².